The van der Waals surface area contributed by atoms with Crippen LogP contribution in [0, 0.1) is 5.82 Å². The molecule has 1 heterocycles. The Labute approximate surface area is 179 Å². The quantitative estimate of drug-likeness (QED) is 0.299. The number of aliphatic imine (C=N–C) groups is 1. The molecule has 0 spiro atoms. The van der Waals surface area contributed by atoms with E-state index < -0.39 is 17.4 Å². The molecule has 9 heteroatoms. The predicted octanol–water partition coefficient (Wildman–Crippen LogP) is 4.73. The Morgan fingerprint density at radius 1 is 1.13 bits per heavy atom. The van der Waals surface area contributed by atoms with Crippen molar-refractivity contribution in [2.45, 2.75) is 26.4 Å². The van der Waals surface area contributed by atoms with Crippen molar-refractivity contribution in [3.63, 3.8) is 0 Å². The summed E-state index contributed by atoms with van der Waals surface area (Å²) < 4.78 is 19.4. The van der Waals surface area contributed by atoms with Crippen molar-refractivity contribution < 1.29 is 13.9 Å². The molecule has 31 heavy (non-hydrogen) atoms. The van der Waals surface area contributed by atoms with Crippen molar-refractivity contribution in [2.24, 2.45) is 4.99 Å². The fraction of sp³-hybridized carbons (Fsp3) is 0.182. The van der Waals surface area contributed by atoms with Gasteiger partial charge in [-0.25, -0.2) is 19.2 Å². The van der Waals surface area contributed by atoms with Gasteiger partial charge < -0.3 is 21.1 Å². The highest BCUT2D eigenvalue weighted by Crippen LogP contribution is 2.24. The van der Waals surface area contributed by atoms with E-state index in [0.29, 0.717) is 22.7 Å². The van der Waals surface area contributed by atoms with Crippen molar-refractivity contribution in [2.75, 3.05) is 16.4 Å². The average molecular weight is 422 g/mol. The molecule has 0 saturated heterocycles. The molecule has 3 aromatic rings. The number of halogens is 1. The number of benzene rings is 2. The number of aromatic nitrogens is 2. The van der Waals surface area contributed by atoms with Crippen LogP contribution in [0.1, 0.15) is 20.8 Å². The second-order valence-corrected chi connectivity index (χ2v) is 7.61. The van der Waals surface area contributed by atoms with Crippen LogP contribution in [0.4, 0.5) is 38.9 Å². The first-order valence-corrected chi connectivity index (χ1v) is 9.47. The lowest BCUT2D eigenvalue weighted by molar-refractivity contribution is -0.145. The summed E-state index contributed by atoms with van der Waals surface area (Å²) in [4.78, 5) is 24.0. The minimum Gasteiger partial charge on any atom is -0.456 e. The predicted molar refractivity (Wildman–Crippen MR) is 120 cm³/mol. The van der Waals surface area contributed by atoms with Crippen LogP contribution < -0.4 is 16.4 Å². The zero-order valence-corrected chi connectivity index (χ0v) is 17.4. The van der Waals surface area contributed by atoms with Gasteiger partial charge in [0.15, 0.2) is 11.6 Å². The van der Waals surface area contributed by atoms with Crippen molar-refractivity contribution in [1.29, 1.82) is 0 Å². The van der Waals surface area contributed by atoms with Crippen LogP contribution >= 0.6 is 0 Å². The maximum Gasteiger partial charge on any atom is 0.349 e. The fourth-order valence-corrected chi connectivity index (χ4v) is 2.52. The third kappa shape index (κ3) is 6.77. The van der Waals surface area contributed by atoms with Crippen molar-refractivity contribution >= 4 is 46.7 Å². The Balaban J connectivity index is 1.73. The van der Waals surface area contributed by atoms with Crippen molar-refractivity contribution in [3.8, 4) is 0 Å². The van der Waals surface area contributed by atoms with Crippen molar-refractivity contribution in [1.82, 2.24) is 9.97 Å². The summed E-state index contributed by atoms with van der Waals surface area (Å²) in [5.74, 6) is -0.992. The molecule has 0 unspecified atom stereocenters. The van der Waals surface area contributed by atoms with Gasteiger partial charge in [-0.15, -0.1) is 0 Å². The second-order valence-electron chi connectivity index (χ2n) is 7.61. The third-order valence-electron chi connectivity index (χ3n) is 3.72. The summed E-state index contributed by atoms with van der Waals surface area (Å²) in [7, 11) is 0. The Morgan fingerprint density at radius 2 is 1.84 bits per heavy atom. The number of rotatable bonds is 6. The zero-order valence-electron chi connectivity index (χ0n) is 17.4. The standard InChI is InChI=1S/C22H23FN6O2/c1-22(2,3)31-19(30)13-25-15-7-5-9-17(11-15)27-20-18(23)12-26-21(29-20)28-16-8-4-6-14(24)10-16/h4-13H,24H2,1-3H3,(H2,26,27,28,29)/b25-13+. The first-order valence-electron chi connectivity index (χ1n) is 9.47. The minimum absolute atomic E-state index is 0.0188. The van der Waals surface area contributed by atoms with Crippen LogP contribution in [0.3, 0.4) is 0 Å². The third-order valence-corrected chi connectivity index (χ3v) is 3.72. The minimum atomic E-state index is -0.624. The van der Waals surface area contributed by atoms with E-state index in [0.717, 1.165) is 12.4 Å². The number of nitrogens with one attached hydrogen (secondary N) is 2. The summed E-state index contributed by atoms with van der Waals surface area (Å²) in [6.45, 7) is 5.32. The van der Waals surface area contributed by atoms with Crippen LogP contribution in [-0.4, -0.2) is 27.8 Å². The number of carbonyl (C=O) groups excluding carboxylic acids is 1. The van der Waals surface area contributed by atoms with E-state index in [1.165, 1.54) is 0 Å². The number of nitrogen functional groups attached to an aromatic ring is 1. The average Bonchev–Trinajstić information content (AvgIpc) is 2.68. The molecule has 0 aliphatic heterocycles. The van der Waals surface area contributed by atoms with E-state index >= 15 is 0 Å². The van der Waals surface area contributed by atoms with E-state index in [2.05, 4.69) is 25.6 Å². The molecular weight excluding hydrogens is 399 g/mol. The van der Waals surface area contributed by atoms with Crippen molar-refractivity contribution in [3.05, 3.63) is 60.5 Å². The highest BCUT2D eigenvalue weighted by Gasteiger charge is 2.14. The summed E-state index contributed by atoms with van der Waals surface area (Å²) >= 11 is 0. The molecule has 0 atom stereocenters. The van der Waals surface area contributed by atoms with E-state index in [9.17, 15) is 9.18 Å². The van der Waals surface area contributed by atoms with Gasteiger partial charge in [0, 0.05) is 17.1 Å². The van der Waals surface area contributed by atoms with Crippen LogP contribution in [0.2, 0.25) is 0 Å². The zero-order chi connectivity index (χ0) is 22.4. The number of anilines is 5. The summed E-state index contributed by atoms with van der Waals surface area (Å²) in [5, 5.41) is 5.87. The first kappa shape index (κ1) is 21.7. The SMILES string of the molecule is CC(C)(C)OC(=O)/C=N/c1cccc(Nc2nc(Nc3cccc(N)c3)ncc2F)c1. The normalized spacial score (nSPS) is 11.4. The fourth-order valence-electron chi connectivity index (χ4n) is 2.52. The number of nitrogens with two attached hydrogens (primary N) is 1. The van der Waals surface area contributed by atoms with Crippen LogP contribution in [-0.2, 0) is 9.53 Å². The summed E-state index contributed by atoms with van der Waals surface area (Å²) in [6.07, 6.45) is 2.16. The largest absolute Gasteiger partial charge is 0.456 e. The molecule has 8 nitrogen and oxygen atoms in total. The Hall–Kier alpha value is -4.01. The monoisotopic (exact) mass is 422 g/mol. The highest BCUT2D eigenvalue weighted by atomic mass is 19.1. The Kier molecular flexibility index (Phi) is 6.44. The number of esters is 1. The Bertz CT molecular complexity index is 1110. The van der Waals surface area contributed by atoms with Gasteiger partial charge in [0.1, 0.15) is 11.8 Å². The molecule has 0 aliphatic rings. The van der Waals surface area contributed by atoms with E-state index in [4.69, 9.17) is 10.5 Å². The maximum atomic E-state index is 14.2. The van der Waals surface area contributed by atoms with Gasteiger partial charge in [-0.3, -0.25) is 0 Å². The number of carbonyl (C=O) groups is 1. The molecule has 2 aromatic carbocycles. The molecule has 160 valence electrons. The second kappa shape index (κ2) is 9.21. The van der Waals surface area contributed by atoms with E-state index in [1.54, 1.807) is 69.3 Å². The van der Waals surface area contributed by atoms with E-state index in [1.807, 2.05) is 0 Å². The smallest absolute Gasteiger partial charge is 0.349 e. The lowest BCUT2D eigenvalue weighted by Gasteiger charge is -2.17. The Morgan fingerprint density at radius 3 is 2.55 bits per heavy atom. The topological polar surface area (TPSA) is 115 Å². The molecule has 0 radical (unpaired) electrons. The van der Waals surface area contributed by atoms with Gasteiger partial charge in [-0.2, -0.15) is 4.98 Å². The summed E-state index contributed by atoms with van der Waals surface area (Å²) in [6, 6.07) is 13.8. The number of ether oxygens (including phenoxy) is 1. The van der Waals surface area contributed by atoms with Gasteiger partial charge in [-0.1, -0.05) is 12.1 Å². The van der Waals surface area contributed by atoms with Crippen LogP contribution in [0.5, 0.6) is 0 Å². The van der Waals surface area contributed by atoms with Gasteiger partial charge in [0.05, 0.1) is 11.9 Å². The lowest BCUT2D eigenvalue weighted by atomic mass is 10.2. The van der Waals surface area contributed by atoms with Gasteiger partial charge in [0.25, 0.3) is 0 Å². The molecular formula is C22H23FN6O2. The molecule has 4 N–H and O–H groups in total. The number of hydrogen-bond donors (Lipinski definition) is 3. The van der Waals surface area contributed by atoms with Gasteiger partial charge >= 0.3 is 5.97 Å². The van der Waals surface area contributed by atoms with E-state index in [-0.39, 0.29) is 11.8 Å². The molecule has 0 aliphatic carbocycles. The number of hydrogen-bond acceptors (Lipinski definition) is 8. The number of nitrogens with zero attached hydrogens (tertiary/aromatic N) is 3. The maximum absolute atomic E-state index is 14.2. The molecule has 0 amide bonds. The van der Waals surface area contributed by atoms with Crippen LogP contribution in [0.15, 0.2) is 59.7 Å². The molecule has 0 saturated carbocycles. The molecule has 0 fully saturated rings. The van der Waals surface area contributed by atoms with Crippen LogP contribution in [0.25, 0.3) is 0 Å². The van der Waals surface area contributed by atoms with Gasteiger partial charge in [0.2, 0.25) is 5.95 Å². The molecule has 1 aromatic heterocycles. The lowest BCUT2D eigenvalue weighted by Crippen LogP contribution is -2.24. The van der Waals surface area contributed by atoms with Gasteiger partial charge in [-0.05, 0) is 57.2 Å². The molecule has 0 bridgehead atoms. The first-order chi connectivity index (χ1) is 14.7. The molecule has 3 rings (SSSR count). The summed E-state index contributed by atoms with van der Waals surface area (Å²) in [5.41, 5.74) is 7.44. The highest BCUT2D eigenvalue weighted by molar-refractivity contribution is 6.23.